The number of aromatic nitrogens is 4. The van der Waals surface area contributed by atoms with Gasteiger partial charge in [-0.3, -0.25) is 9.48 Å². The van der Waals surface area contributed by atoms with E-state index >= 15 is 0 Å². The van der Waals surface area contributed by atoms with Crippen LogP contribution in [-0.4, -0.2) is 43.4 Å². The summed E-state index contributed by atoms with van der Waals surface area (Å²) in [5.74, 6) is 0.731. The highest BCUT2D eigenvalue weighted by Crippen LogP contribution is 2.18. The van der Waals surface area contributed by atoms with Crippen LogP contribution in [0.2, 0.25) is 0 Å². The van der Waals surface area contributed by atoms with E-state index in [1.165, 1.54) is 6.20 Å². The fraction of sp³-hybridized carbons (Fsp3) is 0.278. The molecule has 1 aliphatic rings. The van der Waals surface area contributed by atoms with Crippen LogP contribution in [0.5, 0.6) is 5.88 Å². The number of ether oxygens (including phenoxy) is 1. The first kappa shape index (κ1) is 16.8. The summed E-state index contributed by atoms with van der Waals surface area (Å²) < 4.78 is 12.8. The Morgan fingerprint density at radius 2 is 2.26 bits per heavy atom. The molecule has 0 saturated heterocycles. The van der Waals surface area contributed by atoms with E-state index in [4.69, 9.17) is 14.5 Å². The molecular weight excluding hydrogens is 348 g/mol. The Labute approximate surface area is 154 Å². The minimum atomic E-state index is -0.358. The molecule has 4 rings (SSSR count). The molecule has 3 aromatic rings. The standard InChI is InChI=1S/C18H16N6O3/c1-12-6-16(22-27-12)18(25)23-9-14-4-5-21-24(14)11-15(10-23)26-17-3-2-13(7-19)8-20-17/h2-6,8,15H,9-11H2,1H3. The third-order valence-electron chi connectivity index (χ3n) is 4.25. The van der Waals surface area contributed by atoms with Gasteiger partial charge in [0, 0.05) is 24.5 Å². The van der Waals surface area contributed by atoms with Crippen molar-refractivity contribution in [3.05, 3.63) is 59.4 Å². The summed E-state index contributed by atoms with van der Waals surface area (Å²) in [6.07, 6.45) is 2.79. The maximum absolute atomic E-state index is 12.8. The highest BCUT2D eigenvalue weighted by molar-refractivity contribution is 5.92. The van der Waals surface area contributed by atoms with Crippen LogP contribution in [0.1, 0.15) is 27.5 Å². The molecule has 9 nitrogen and oxygen atoms in total. The average molecular weight is 364 g/mol. The lowest BCUT2D eigenvalue weighted by atomic mass is 10.2. The first-order valence-corrected chi connectivity index (χ1v) is 8.38. The normalized spacial score (nSPS) is 16.3. The second-order valence-corrected chi connectivity index (χ2v) is 6.25. The van der Waals surface area contributed by atoms with E-state index in [2.05, 4.69) is 15.2 Å². The van der Waals surface area contributed by atoms with Crippen molar-refractivity contribution in [2.75, 3.05) is 6.54 Å². The van der Waals surface area contributed by atoms with Gasteiger partial charge in [-0.05, 0) is 19.1 Å². The predicted octanol–water partition coefficient (Wildman–Crippen LogP) is 1.55. The van der Waals surface area contributed by atoms with Crippen LogP contribution in [0, 0.1) is 18.3 Å². The summed E-state index contributed by atoms with van der Waals surface area (Å²) in [4.78, 5) is 18.6. The van der Waals surface area contributed by atoms with Crippen molar-refractivity contribution in [2.45, 2.75) is 26.1 Å². The van der Waals surface area contributed by atoms with Crippen LogP contribution in [0.25, 0.3) is 0 Å². The van der Waals surface area contributed by atoms with E-state index in [0.717, 1.165) is 5.69 Å². The number of hydrogen-bond acceptors (Lipinski definition) is 7. The van der Waals surface area contributed by atoms with Gasteiger partial charge in [-0.15, -0.1) is 0 Å². The van der Waals surface area contributed by atoms with Crippen LogP contribution in [0.15, 0.2) is 41.2 Å². The van der Waals surface area contributed by atoms with Gasteiger partial charge in [-0.25, -0.2) is 4.98 Å². The van der Waals surface area contributed by atoms with Crippen LogP contribution < -0.4 is 4.74 Å². The van der Waals surface area contributed by atoms with Crippen LogP contribution in [-0.2, 0) is 13.1 Å². The Morgan fingerprint density at radius 1 is 1.37 bits per heavy atom. The predicted molar refractivity (Wildman–Crippen MR) is 91.6 cm³/mol. The number of fused-ring (bicyclic) bond motifs is 1. The number of nitrogens with zero attached hydrogens (tertiary/aromatic N) is 6. The molecule has 0 N–H and O–H groups in total. The van der Waals surface area contributed by atoms with Crippen molar-refractivity contribution in [3.63, 3.8) is 0 Å². The molecule has 0 aliphatic carbocycles. The van der Waals surface area contributed by atoms with E-state index in [9.17, 15) is 4.79 Å². The zero-order valence-electron chi connectivity index (χ0n) is 14.6. The van der Waals surface area contributed by atoms with E-state index in [1.54, 1.807) is 36.2 Å². The average Bonchev–Trinajstić information content (AvgIpc) is 3.26. The van der Waals surface area contributed by atoms with E-state index in [1.807, 2.05) is 16.8 Å². The molecule has 1 unspecified atom stereocenters. The molecule has 3 aromatic heterocycles. The second-order valence-electron chi connectivity index (χ2n) is 6.25. The number of nitriles is 1. The lowest BCUT2D eigenvalue weighted by Crippen LogP contribution is -2.39. The fourth-order valence-electron chi connectivity index (χ4n) is 2.96. The van der Waals surface area contributed by atoms with E-state index in [0.29, 0.717) is 36.8 Å². The van der Waals surface area contributed by atoms with Crippen LogP contribution >= 0.6 is 0 Å². The third-order valence-corrected chi connectivity index (χ3v) is 4.25. The SMILES string of the molecule is Cc1cc(C(=O)N2Cc3ccnn3CC(Oc3ccc(C#N)cn3)C2)no1. The molecule has 0 radical (unpaired) electrons. The number of rotatable bonds is 3. The molecule has 1 atom stereocenters. The van der Waals surface area contributed by atoms with Gasteiger partial charge in [0.25, 0.3) is 5.91 Å². The largest absolute Gasteiger partial charge is 0.470 e. The molecule has 27 heavy (non-hydrogen) atoms. The Hall–Kier alpha value is -3.67. The Kier molecular flexibility index (Phi) is 4.30. The lowest BCUT2D eigenvalue weighted by molar-refractivity contribution is 0.0634. The van der Waals surface area contributed by atoms with Crippen molar-refractivity contribution < 1.29 is 14.1 Å². The second kappa shape index (κ2) is 6.92. The summed E-state index contributed by atoms with van der Waals surface area (Å²) in [5.41, 5.74) is 1.62. The first-order chi connectivity index (χ1) is 13.1. The highest BCUT2D eigenvalue weighted by Gasteiger charge is 2.29. The molecule has 1 aliphatic heterocycles. The highest BCUT2D eigenvalue weighted by atomic mass is 16.5. The molecule has 0 fully saturated rings. The van der Waals surface area contributed by atoms with Gasteiger partial charge in [0.15, 0.2) is 5.69 Å². The topological polar surface area (TPSA) is 110 Å². The smallest absolute Gasteiger partial charge is 0.276 e. The summed E-state index contributed by atoms with van der Waals surface area (Å²) in [6, 6.07) is 8.78. The minimum absolute atomic E-state index is 0.233. The van der Waals surface area contributed by atoms with E-state index in [-0.39, 0.29) is 17.7 Å². The zero-order valence-corrected chi connectivity index (χ0v) is 14.6. The van der Waals surface area contributed by atoms with Crippen molar-refractivity contribution >= 4 is 5.91 Å². The quantitative estimate of drug-likeness (QED) is 0.693. The Bertz CT molecular complexity index is 1000. The molecule has 0 bridgehead atoms. The van der Waals surface area contributed by atoms with Gasteiger partial charge in [-0.2, -0.15) is 10.4 Å². The molecule has 1 amide bonds. The molecule has 136 valence electrons. The number of aryl methyl sites for hydroxylation is 1. The van der Waals surface area contributed by atoms with Crippen molar-refractivity contribution in [1.82, 2.24) is 24.8 Å². The molecular formula is C18H16N6O3. The monoisotopic (exact) mass is 364 g/mol. The summed E-state index contributed by atoms with van der Waals surface area (Å²) in [5, 5.41) is 17.0. The zero-order chi connectivity index (χ0) is 18.8. The number of carbonyl (C=O) groups is 1. The molecule has 0 aromatic carbocycles. The summed E-state index contributed by atoms with van der Waals surface area (Å²) in [7, 11) is 0. The molecule has 4 heterocycles. The first-order valence-electron chi connectivity index (χ1n) is 8.38. The molecule has 0 spiro atoms. The van der Waals surface area contributed by atoms with Gasteiger partial charge < -0.3 is 14.2 Å². The fourth-order valence-corrected chi connectivity index (χ4v) is 2.96. The van der Waals surface area contributed by atoms with Crippen LogP contribution in [0.3, 0.4) is 0 Å². The third kappa shape index (κ3) is 3.50. The van der Waals surface area contributed by atoms with Gasteiger partial charge in [-0.1, -0.05) is 5.16 Å². The number of carbonyl (C=O) groups excluding carboxylic acids is 1. The van der Waals surface area contributed by atoms with Crippen molar-refractivity contribution in [2.24, 2.45) is 0 Å². The maximum Gasteiger partial charge on any atom is 0.276 e. The van der Waals surface area contributed by atoms with Crippen LogP contribution in [0.4, 0.5) is 0 Å². The number of hydrogen-bond donors (Lipinski definition) is 0. The minimum Gasteiger partial charge on any atom is -0.470 e. The number of pyridine rings is 1. The van der Waals surface area contributed by atoms with Crippen molar-refractivity contribution in [3.8, 4) is 11.9 Å². The Balaban J connectivity index is 1.58. The van der Waals surface area contributed by atoms with Gasteiger partial charge >= 0.3 is 0 Å². The number of amides is 1. The van der Waals surface area contributed by atoms with Gasteiger partial charge in [0.1, 0.15) is 17.9 Å². The molecule has 9 heteroatoms. The maximum atomic E-state index is 12.8. The summed E-state index contributed by atoms with van der Waals surface area (Å²) in [6.45, 7) is 2.95. The summed E-state index contributed by atoms with van der Waals surface area (Å²) >= 11 is 0. The van der Waals surface area contributed by atoms with Crippen molar-refractivity contribution in [1.29, 1.82) is 5.26 Å². The van der Waals surface area contributed by atoms with Gasteiger partial charge in [0.05, 0.1) is 30.9 Å². The van der Waals surface area contributed by atoms with E-state index < -0.39 is 0 Å². The Morgan fingerprint density at radius 3 is 2.96 bits per heavy atom. The lowest BCUT2D eigenvalue weighted by Gasteiger charge is -2.23. The molecule has 0 saturated carbocycles. The van der Waals surface area contributed by atoms with Gasteiger partial charge in [0.2, 0.25) is 5.88 Å².